The number of aromatic hydroxyl groups is 1. The second-order valence-electron chi connectivity index (χ2n) is 30.0. The number of anilines is 7. The van der Waals surface area contributed by atoms with Crippen molar-refractivity contribution in [3.05, 3.63) is 234 Å². The maximum atomic E-state index is 14.4. The van der Waals surface area contributed by atoms with Gasteiger partial charge in [0.15, 0.2) is 5.75 Å². The summed E-state index contributed by atoms with van der Waals surface area (Å²) in [5, 5.41) is 27.6. The highest BCUT2D eigenvalue weighted by molar-refractivity contribution is 7.88. The number of halogens is 7. The Kier molecular flexibility index (Phi) is 34.2. The van der Waals surface area contributed by atoms with Gasteiger partial charge in [0.05, 0.1) is 107 Å². The molecule has 131 heavy (non-hydrogen) atoms. The molecule has 2 aliphatic carbocycles. The number of carboxylic acids is 1. The van der Waals surface area contributed by atoms with Crippen molar-refractivity contribution in [3.63, 3.8) is 0 Å². The van der Waals surface area contributed by atoms with Gasteiger partial charge in [0.2, 0.25) is 0 Å². The van der Waals surface area contributed by atoms with Crippen molar-refractivity contribution in [3.8, 4) is 34.5 Å². The number of pyridine rings is 5. The lowest BCUT2D eigenvalue weighted by Crippen LogP contribution is -2.30. The molecule has 10 heterocycles. The van der Waals surface area contributed by atoms with E-state index >= 15 is 0 Å². The number of fused-ring (bicyclic) bond motifs is 5. The molecule has 0 saturated heterocycles. The molecule has 0 radical (unpaired) electrons. The molecule has 0 bridgehead atoms. The van der Waals surface area contributed by atoms with E-state index in [2.05, 4.69) is 30.5 Å². The van der Waals surface area contributed by atoms with Gasteiger partial charge in [-0.1, -0.05) is 0 Å². The van der Waals surface area contributed by atoms with Crippen molar-refractivity contribution in [2.75, 3.05) is 83.2 Å². The van der Waals surface area contributed by atoms with Crippen LogP contribution in [0.3, 0.4) is 0 Å². The predicted molar refractivity (Wildman–Crippen MR) is 462 cm³/mol. The zero-order chi connectivity index (χ0) is 95.3. The lowest BCUT2D eigenvalue weighted by Gasteiger charge is -2.17. The molecule has 0 unspecified atom stereocenters. The summed E-state index contributed by atoms with van der Waals surface area (Å²) in [5.74, 6) is 0.535. The van der Waals surface area contributed by atoms with E-state index in [0.717, 1.165) is 57.1 Å². The molecular weight excluding hydrogens is 1760 g/mol. The van der Waals surface area contributed by atoms with Crippen LogP contribution in [0, 0.1) is 35.1 Å². The first-order chi connectivity index (χ1) is 62.5. The number of carbonyl (C=O) groups excluding carboxylic acids is 4. The van der Waals surface area contributed by atoms with Gasteiger partial charge in [-0.25, -0.2) is 48.1 Å². The Balaban J connectivity index is 0.000000164. The standard InChI is InChI=1S/C20H22FN3O4.C18H19FN2O4.C16H15FN2O4.C12H12F3NO6S.C11H13NO4.C7H8FNO.C4H9NO/c1-27-13-6-7-15(14(21)9-13)22-16-10-18(25)24-8-2-3-17(24)19(16)20(26)23-28-11-12-4-5-12;1-3-25-18(23)17-14(10-16(22)21-8-4-5-15(17)21)20-13-7-6-11(24-2)9-12(13)19;1-23-9-4-5-11(10(17)7-9)18-12-8-14(20)19-6-2-3-13(19)15(12)16(21)22;1-2-21-11(18)10-7-4-3-5-16(7)9(17)6-8(10)22-23(19,20)12(13,14)15;1-2-16-11(15)10-7-4-3-5-12(7)9(14)6-8(10)13;1-10-5-2-3-7(9)6(8)4-5;5-6-3-4-1-2-4/h6-7,9-10,12,22H,2-5,8,11H2,1H3,(H,23,26);6-7,9-10,20H,3-5,8H2,1-2H3;4-5,7-8,18H,2-3,6H2,1H3,(H,21,22);6H,2-5H2,1H3;6,13H,2-5H2,1H3;2-4H,9H2,1H3;4H,1-3,5H2. The van der Waals surface area contributed by atoms with E-state index in [1.54, 1.807) is 47.2 Å². The average molecular weight is 1860 g/mol. The van der Waals surface area contributed by atoms with Crippen LogP contribution in [0.5, 0.6) is 34.5 Å². The van der Waals surface area contributed by atoms with E-state index in [1.165, 1.54) is 129 Å². The van der Waals surface area contributed by atoms with Crippen molar-refractivity contribution in [2.24, 2.45) is 17.7 Å². The second-order valence-corrected chi connectivity index (χ2v) is 31.5. The van der Waals surface area contributed by atoms with Gasteiger partial charge in [-0.3, -0.25) is 33.6 Å². The van der Waals surface area contributed by atoms with Crippen molar-refractivity contribution >= 4 is 79.7 Å². The molecule has 704 valence electrons. The molecule has 4 aromatic carbocycles. The number of esters is 3. The van der Waals surface area contributed by atoms with Gasteiger partial charge in [0, 0.05) is 116 Å². The molecule has 16 rings (SSSR count). The number of amides is 1. The maximum absolute atomic E-state index is 14.4. The number of rotatable bonds is 25. The summed E-state index contributed by atoms with van der Waals surface area (Å²) in [5.41, 5.74) is 4.05. The van der Waals surface area contributed by atoms with Crippen LogP contribution >= 0.6 is 0 Å². The highest BCUT2D eigenvalue weighted by atomic mass is 32.2. The van der Waals surface area contributed by atoms with Crippen LogP contribution in [0.2, 0.25) is 0 Å². The topological polar surface area (TPSA) is 462 Å². The molecule has 5 aliphatic heterocycles. The SMILES string of the molecule is CCOC(=O)c1c(Nc2ccc(OC)cc2F)cc(=O)n2c1CCC2.CCOC(=O)c1c(O)cc(=O)n2c1CCC2.CCOC(=O)c1c(OS(=O)(=O)C(F)(F)F)cc(=O)n2c1CCC2.COc1ccc(N)c(F)c1.COc1ccc(Nc2cc(=O)n3c(c2C(=O)NOCC2CC2)CCC3)c(F)c1.COc1ccc(Nc2cc(=O)n3c(c2C(=O)O)CCC3)c(F)c1.NOCC1CC1. The zero-order valence-electron chi connectivity index (χ0n) is 72.3. The van der Waals surface area contributed by atoms with Crippen LogP contribution in [0.1, 0.15) is 159 Å². The third kappa shape index (κ3) is 25.1. The van der Waals surface area contributed by atoms with Crippen molar-refractivity contribution in [1.29, 1.82) is 0 Å². The quantitative estimate of drug-likeness (QED) is 0.00501. The number of alkyl halides is 3. The van der Waals surface area contributed by atoms with Gasteiger partial charge >= 0.3 is 39.5 Å². The molecule has 0 atom stereocenters. The molecule has 2 fully saturated rings. The van der Waals surface area contributed by atoms with E-state index in [1.807, 2.05) is 0 Å². The van der Waals surface area contributed by atoms with Crippen LogP contribution in [0.4, 0.5) is 70.5 Å². The third-order valence-electron chi connectivity index (χ3n) is 21.1. The van der Waals surface area contributed by atoms with Crippen molar-refractivity contribution in [1.82, 2.24) is 28.3 Å². The van der Waals surface area contributed by atoms with E-state index in [-0.39, 0.29) is 123 Å². The van der Waals surface area contributed by atoms with Gasteiger partial charge in [-0.05, 0) is 171 Å². The number of nitrogens with one attached hydrogen (secondary N) is 4. The fourth-order valence-electron chi connectivity index (χ4n) is 14.5. The van der Waals surface area contributed by atoms with Crippen LogP contribution < -0.4 is 84.0 Å². The minimum Gasteiger partial charge on any atom is -0.507 e. The van der Waals surface area contributed by atoms with E-state index in [9.17, 15) is 97.3 Å². The molecule has 43 heteroatoms. The monoisotopic (exact) mass is 1860 g/mol. The number of aromatic carboxylic acids is 1. The smallest absolute Gasteiger partial charge is 0.507 e. The number of nitrogen functional groups attached to an aromatic ring is 1. The molecule has 0 spiro atoms. The van der Waals surface area contributed by atoms with Crippen LogP contribution in [0.25, 0.3) is 0 Å². The van der Waals surface area contributed by atoms with Gasteiger partial charge in [-0.15, -0.1) is 0 Å². The van der Waals surface area contributed by atoms with Gasteiger partial charge < -0.3 is 96.9 Å². The summed E-state index contributed by atoms with van der Waals surface area (Å²) >= 11 is 0. The first-order valence-electron chi connectivity index (χ1n) is 41.4. The van der Waals surface area contributed by atoms with Gasteiger partial charge in [0.25, 0.3) is 33.7 Å². The largest absolute Gasteiger partial charge is 0.534 e. The highest BCUT2D eigenvalue weighted by Crippen LogP contribution is 2.37. The Labute approximate surface area is 743 Å². The van der Waals surface area contributed by atoms with E-state index in [0.29, 0.717) is 128 Å². The second kappa shape index (κ2) is 45.0. The van der Waals surface area contributed by atoms with Crippen LogP contribution in [-0.2, 0) is 98.8 Å². The number of hydroxylamine groups is 1. The zero-order valence-corrected chi connectivity index (χ0v) is 73.1. The number of benzene rings is 4. The Morgan fingerprint density at radius 3 is 1.13 bits per heavy atom. The summed E-state index contributed by atoms with van der Waals surface area (Å²) in [4.78, 5) is 130. The fourth-order valence-corrected chi connectivity index (χ4v) is 15.0. The number of carbonyl (C=O) groups is 5. The Hall–Kier alpha value is -13.7. The normalized spacial score (nSPS) is 13.8. The molecular formula is C88H98F7N11O24S. The average Bonchev–Trinajstić information content (AvgIpc) is 1.72. The number of nitrogens with two attached hydrogens (primary N) is 2. The minimum absolute atomic E-state index is 0.0114. The van der Waals surface area contributed by atoms with E-state index < -0.39 is 85.6 Å². The maximum Gasteiger partial charge on any atom is 0.534 e. The number of methoxy groups -OCH3 is 4. The Morgan fingerprint density at radius 2 is 0.771 bits per heavy atom. The summed E-state index contributed by atoms with van der Waals surface area (Å²) in [7, 11) is -0.214. The van der Waals surface area contributed by atoms with Crippen LogP contribution in [0.15, 0.2) is 127 Å². The number of carboxylic acid groups (broad SMARTS) is 1. The first kappa shape index (κ1) is 99.5. The van der Waals surface area contributed by atoms with Gasteiger partial charge in [-0.2, -0.15) is 21.6 Å². The molecule has 9 aromatic rings. The van der Waals surface area contributed by atoms with E-state index in [4.69, 9.17) is 49.6 Å². The van der Waals surface area contributed by atoms with Gasteiger partial charge in [0.1, 0.15) is 74.3 Å². The third-order valence-corrected chi connectivity index (χ3v) is 22.1. The minimum atomic E-state index is -6.01. The number of aromatic nitrogens is 5. The molecule has 7 aliphatic rings. The summed E-state index contributed by atoms with van der Waals surface area (Å²) < 4.78 is 161. The number of ether oxygens (including phenoxy) is 7. The number of hydrogen-bond donors (Lipinski definition) is 8. The lowest BCUT2D eigenvalue weighted by atomic mass is 10.1. The summed E-state index contributed by atoms with van der Waals surface area (Å²) in [6.45, 7) is 9.00. The molecule has 1 amide bonds. The molecule has 10 N–H and O–H groups in total. The van der Waals surface area contributed by atoms with Crippen molar-refractivity contribution in [2.45, 2.75) is 149 Å². The highest BCUT2D eigenvalue weighted by Gasteiger charge is 2.49. The molecule has 35 nitrogen and oxygen atoms in total. The van der Waals surface area contributed by atoms with Crippen molar-refractivity contribution < 1.29 is 120 Å². The fraction of sp³-hybridized carbons (Fsp3) is 0.386. The number of nitrogens with zero attached hydrogens (tertiary/aromatic N) is 5. The number of hydrogen-bond acceptors (Lipinski definition) is 28. The summed E-state index contributed by atoms with van der Waals surface area (Å²) in [6.07, 6.45) is 11.0. The summed E-state index contributed by atoms with van der Waals surface area (Å²) in [6, 6.07) is 22.6. The Morgan fingerprint density at radius 1 is 0.443 bits per heavy atom. The lowest BCUT2D eigenvalue weighted by molar-refractivity contribution is -0.0501. The molecule has 5 aromatic heterocycles. The first-order valence-corrected chi connectivity index (χ1v) is 42.9. The van der Waals surface area contributed by atoms with Crippen LogP contribution in [-0.4, -0.2) is 138 Å². The molecule has 2 saturated carbocycles. The predicted octanol–water partition coefficient (Wildman–Crippen LogP) is 11.6. The Bertz CT molecular complexity index is 6170.